The van der Waals surface area contributed by atoms with Gasteiger partial charge in [-0.2, -0.15) is 0 Å². The van der Waals surface area contributed by atoms with Crippen LogP contribution < -0.4 is 10.6 Å². The van der Waals surface area contributed by atoms with Crippen molar-refractivity contribution in [3.63, 3.8) is 0 Å². The third-order valence-corrected chi connectivity index (χ3v) is 5.40. The quantitative estimate of drug-likeness (QED) is 0.685. The number of rotatable bonds is 7. The third-order valence-electron chi connectivity index (χ3n) is 5.40. The van der Waals surface area contributed by atoms with Gasteiger partial charge >= 0.3 is 6.03 Å². The number of amides is 4. The van der Waals surface area contributed by atoms with Gasteiger partial charge in [0.05, 0.1) is 5.69 Å². The van der Waals surface area contributed by atoms with Crippen LogP contribution in [0.1, 0.15) is 47.0 Å². The lowest BCUT2D eigenvalue weighted by atomic mass is 10.0. The van der Waals surface area contributed by atoms with Crippen LogP contribution in [-0.4, -0.2) is 59.4 Å². The lowest BCUT2D eigenvalue weighted by molar-refractivity contribution is -0.144. The van der Waals surface area contributed by atoms with Gasteiger partial charge in [-0.05, 0) is 31.4 Å². The Hall–Kier alpha value is -2.71. The molecule has 2 unspecified atom stereocenters. The van der Waals surface area contributed by atoms with Crippen molar-refractivity contribution in [3.8, 4) is 0 Å². The zero-order valence-electron chi connectivity index (χ0n) is 18.6. The molecule has 0 bridgehead atoms. The normalized spacial score (nSPS) is 17.5. The van der Waals surface area contributed by atoms with Crippen molar-refractivity contribution >= 4 is 23.5 Å². The second kappa shape index (κ2) is 11.1. The van der Waals surface area contributed by atoms with Gasteiger partial charge in [-0.3, -0.25) is 9.59 Å². The topological polar surface area (TPSA) is 81.8 Å². The Balaban J connectivity index is 1.99. The molecule has 1 saturated heterocycles. The van der Waals surface area contributed by atoms with E-state index >= 15 is 0 Å². The molecule has 0 spiro atoms. The number of benzene rings is 1. The van der Waals surface area contributed by atoms with E-state index in [1.165, 1.54) is 0 Å². The summed E-state index contributed by atoms with van der Waals surface area (Å²) in [6.07, 6.45) is 2.29. The van der Waals surface area contributed by atoms with Crippen LogP contribution >= 0.6 is 0 Å². The summed E-state index contributed by atoms with van der Waals surface area (Å²) in [6.45, 7) is 8.77. The van der Waals surface area contributed by atoms with Gasteiger partial charge in [-0.25, -0.2) is 13.6 Å². The van der Waals surface area contributed by atoms with Crippen LogP contribution in [0.2, 0.25) is 0 Å². The first-order valence-electron chi connectivity index (χ1n) is 10.7. The first-order valence-corrected chi connectivity index (χ1v) is 10.7. The van der Waals surface area contributed by atoms with Crippen LogP contribution in [0, 0.1) is 17.6 Å². The Morgan fingerprint density at radius 1 is 1.19 bits per heavy atom. The summed E-state index contributed by atoms with van der Waals surface area (Å²) >= 11 is 0. The number of carbonyl (C=O) groups is 3. The summed E-state index contributed by atoms with van der Waals surface area (Å²) in [5.41, 5.74) is -0.179. The summed E-state index contributed by atoms with van der Waals surface area (Å²) in [5, 5.41) is 4.91. The molecule has 0 aromatic heterocycles. The maximum Gasteiger partial charge on any atom is 0.319 e. The minimum Gasteiger partial charge on any atom is -0.337 e. The van der Waals surface area contributed by atoms with Crippen LogP contribution in [0.5, 0.6) is 0 Å². The van der Waals surface area contributed by atoms with Crippen LogP contribution in [0.3, 0.4) is 0 Å². The highest BCUT2D eigenvalue weighted by atomic mass is 19.1. The van der Waals surface area contributed by atoms with Gasteiger partial charge in [0.25, 0.3) is 0 Å². The molecular weight excluding hydrogens is 406 g/mol. The predicted octanol–water partition coefficient (Wildman–Crippen LogP) is 3.36. The second-order valence-electron chi connectivity index (χ2n) is 8.27. The summed E-state index contributed by atoms with van der Waals surface area (Å²) in [7, 11) is 0. The molecule has 0 radical (unpaired) electrons. The molecule has 1 aliphatic rings. The molecule has 0 aliphatic carbocycles. The van der Waals surface area contributed by atoms with Gasteiger partial charge in [-0.15, -0.1) is 0 Å². The average Bonchev–Trinajstić information content (AvgIpc) is 2.71. The van der Waals surface area contributed by atoms with E-state index in [1.54, 1.807) is 23.6 Å². The largest absolute Gasteiger partial charge is 0.337 e. The lowest BCUT2D eigenvalue weighted by Crippen LogP contribution is -2.60. The third kappa shape index (κ3) is 6.63. The van der Waals surface area contributed by atoms with Gasteiger partial charge in [0.2, 0.25) is 11.8 Å². The van der Waals surface area contributed by atoms with Crippen molar-refractivity contribution in [2.45, 2.75) is 59.0 Å². The van der Waals surface area contributed by atoms with Crippen LogP contribution in [0.4, 0.5) is 19.3 Å². The van der Waals surface area contributed by atoms with Crippen molar-refractivity contribution in [2.75, 3.05) is 25.0 Å². The minimum absolute atomic E-state index is 0.0979. The van der Waals surface area contributed by atoms with Crippen molar-refractivity contribution < 1.29 is 23.2 Å². The number of anilines is 1. The molecule has 2 N–H and O–H groups in total. The molecular formula is C22H32F2N4O3. The van der Waals surface area contributed by atoms with Gasteiger partial charge in [0.15, 0.2) is 0 Å². The highest BCUT2D eigenvalue weighted by Crippen LogP contribution is 2.17. The zero-order valence-corrected chi connectivity index (χ0v) is 18.6. The summed E-state index contributed by atoms with van der Waals surface area (Å²) in [5.74, 6) is -2.02. The summed E-state index contributed by atoms with van der Waals surface area (Å²) in [6, 6.07) is 1.14. The smallest absolute Gasteiger partial charge is 0.319 e. The maximum atomic E-state index is 13.8. The number of nitrogens with zero attached hydrogens (tertiary/aromatic N) is 2. The molecule has 1 aliphatic heterocycles. The van der Waals surface area contributed by atoms with Gasteiger partial charge in [0, 0.05) is 38.2 Å². The summed E-state index contributed by atoms with van der Waals surface area (Å²) in [4.78, 5) is 41.3. The number of nitrogens with one attached hydrogen (secondary N) is 2. The second-order valence-corrected chi connectivity index (χ2v) is 8.27. The molecule has 2 rings (SSSR count). The molecule has 9 heteroatoms. The fourth-order valence-corrected chi connectivity index (χ4v) is 3.60. The molecule has 4 amide bonds. The highest BCUT2D eigenvalue weighted by Gasteiger charge is 2.34. The van der Waals surface area contributed by atoms with E-state index in [-0.39, 0.29) is 29.5 Å². The van der Waals surface area contributed by atoms with E-state index in [1.807, 2.05) is 13.8 Å². The lowest BCUT2D eigenvalue weighted by Gasteiger charge is -2.41. The molecule has 7 nitrogen and oxygen atoms in total. The Labute approximate surface area is 182 Å². The number of hydrogen-bond donors (Lipinski definition) is 2. The predicted molar refractivity (Wildman–Crippen MR) is 114 cm³/mol. The van der Waals surface area contributed by atoms with Crippen LogP contribution in [0.25, 0.3) is 0 Å². The Morgan fingerprint density at radius 2 is 1.90 bits per heavy atom. The van der Waals surface area contributed by atoms with E-state index in [0.717, 1.165) is 25.0 Å². The highest BCUT2D eigenvalue weighted by molar-refractivity contribution is 5.94. The zero-order chi connectivity index (χ0) is 23.1. The number of unbranched alkanes of at least 4 members (excludes halogenated alkanes) is 1. The molecule has 1 aromatic carbocycles. The van der Waals surface area contributed by atoms with E-state index in [4.69, 9.17) is 0 Å². The van der Waals surface area contributed by atoms with Gasteiger partial charge in [-0.1, -0.05) is 27.2 Å². The molecule has 2 atom stereocenters. The summed E-state index contributed by atoms with van der Waals surface area (Å²) < 4.78 is 26.8. The SMILES string of the molecule is CCCCC(=O)N1CCN(C(=O)C(NC(=O)Nc2ccc(F)cc2F)C(C)C)CC1C. The minimum atomic E-state index is -0.903. The fraction of sp³-hybridized carbons (Fsp3) is 0.591. The van der Waals surface area contributed by atoms with E-state index in [2.05, 4.69) is 10.6 Å². The standard InChI is InChI=1S/C22H32F2N4O3/c1-5-6-7-19(29)28-11-10-27(13-15(28)4)21(30)20(14(2)3)26-22(31)25-18-9-8-16(23)12-17(18)24/h8-9,12,14-15,20H,5-7,10-11,13H2,1-4H3,(H2,25,26,31). The van der Waals surface area contributed by atoms with Crippen molar-refractivity contribution in [3.05, 3.63) is 29.8 Å². The Morgan fingerprint density at radius 3 is 2.48 bits per heavy atom. The molecule has 1 heterocycles. The Bertz CT molecular complexity index is 803. The maximum absolute atomic E-state index is 13.8. The van der Waals surface area contributed by atoms with E-state index in [0.29, 0.717) is 32.1 Å². The molecule has 0 saturated carbocycles. The first kappa shape index (κ1) is 24.6. The Kier molecular flexibility index (Phi) is 8.76. The van der Waals surface area contributed by atoms with E-state index < -0.39 is 23.7 Å². The molecule has 172 valence electrons. The number of hydrogen-bond acceptors (Lipinski definition) is 3. The first-order chi connectivity index (χ1) is 14.6. The monoisotopic (exact) mass is 438 g/mol. The van der Waals surface area contributed by atoms with Crippen molar-refractivity contribution in [2.24, 2.45) is 5.92 Å². The van der Waals surface area contributed by atoms with E-state index in [9.17, 15) is 23.2 Å². The number of halogens is 2. The van der Waals surface area contributed by atoms with Crippen LogP contribution in [0.15, 0.2) is 18.2 Å². The number of carbonyl (C=O) groups excluding carboxylic acids is 3. The number of urea groups is 1. The average molecular weight is 439 g/mol. The van der Waals surface area contributed by atoms with Crippen molar-refractivity contribution in [1.29, 1.82) is 0 Å². The fourth-order valence-electron chi connectivity index (χ4n) is 3.60. The van der Waals surface area contributed by atoms with Gasteiger partial charge in [0.1, 0.15) is 17.7 Å². The molecule has 1 aromatic rings. The molecule has 1 fully saturated rings. The molecule has 31 heavy (non-hydrogen) atoms. The number of piperazine rings is 1. The van der Waals surface area contributed by atoms with Gasteiger partial charge < -0.3 is 20.4 Å². The van der Waals surface area contributed by atoms with Crippen molar-refractivity contribution in [1.82, 2.24) is 15.1 Å². The van der Waals surface area contributed by atoms with Crippen LogP contribution in [-0.2, 0) is 9.59 Å².